The van der Waals surface area contributed by atoms with Gasteiger partial charge in [0, 0.05) is 23.0 Å². The molecular weight excluding hydrogens is 312 g/mol. The Morgan fingerprint density at radius 2 is 0.960 bits per heavy atom. The molecule has 4 saturated heterocycles. The summed E-state index contributed by atoms with van der Waals surface area (Å²) in [6.45, 7) is 8.74. The summed E-state index contributed by atoms with van der Waals surface area (Å²) in [5.41, 5.74) is 1.29. The van der Waals surface area contributed by atoms with E-state index in [4.69, 9.17) is 14.2 Å². The fraction of sp³-hybridized carbons (Fsp3) is 0.455. The molecule has 0 aliphatic carbocycles. The second kappa shape index (κ2) is 4.53. The number of hydrogen-bond acceptors (Lipinski definition) is 3. The molecule has 0 unspecified atom stereocenters. The van der Waals surface area contributed by atoms with Gasteiger partial charge in [0.2, 0.25) is 11.6 Å². The third-order valence-electron chi connectivity index (χ3n) is 7.16. The second-order valence-corrected chi connectivity index (χ2v) is 8.03. The smallest absolute Gasteiger partial charge is 0.204 e. The number of hydrogen-bond donors (Lipinski definition) is 0. The predicted molar refractivity (Wildman–Crippen MR) is 94.6 cm³/mol. The van der Waals surface area contributed by atoms with Crippen LogP contribution in [0.5, 0.6) is 0 Å². The highest BCUT2D eigenvalue weighted by Crippen LogP contribution is 2.74. The van der Waals surface area contributed by atoms with Gasteiger partial charge < -0.3 is 14.2 Å². The molecule has 2 aromatic rings. The Morgan fingerprint density at radius 1 is 0.600 bits per heavy atom. The monoisotopic (exact) mass is 336 g/mol. The first-order valence-corrected chi connectivity index (χ1v) is 9.11. The first-order chi connectivity index (χ1) is 11.9. The lowest BCUT2D eigenvalue weighted by Gasteiger charge is -2.52. The SMILES string of the molecule is C[C@@H]1[C@]2(c3ccccc3)O[C@]3(c4ccccc4)O[C@@]1(C)[C@](C)(O2)[C@H]3C. The minimum absolute atomic E-state index is 0.0780. The predicted octanol–water partition coefficient (Wildman–Crippen LogP) is 4.57. The van der Waals surface area contributed by atoms with Crippen molar-refractivity contribution < 1.29 is 14.2 Å². The van der Waals surface area contributed by atoms with Crippen LogP contribution in [0.3, 0.4) is 0 Å². The van der Waals surface area contributed by atoms with Crippen LogP contribution in [-0.2, 0) is 25.8 Å². The standard InChI is InChI=1S/C22H24O3/c1-15-19(3)20(4)16(2)22(23-19,18-13-9-6-10-14-18)25-21(15,24-20)17-11-7-5-8-12-17/h5-16H,1-4H3/t15-,16+,19-,20-,21-,22-/m1/s1. The minimum atomic E-state index is -0.786. The van der Waals surface area contributed by atoms with Crippen LogP contribution < -0.4 is 0 Å². The van der Waals surface area contributed by atoms with E-state index in [-0.39, 0.29) is 11.8 Å². The van der Waals surface area contributed by atoms with Crippen LogP contribution in [0, 0.1) is 11.8 Å². The number of ether oxygens (including phenoxy) is 3. The molecule has 6 atom stereocenters. The van der Waals surface area contributed by atoms with E-state index >= 15 is 0 Å². The maximum absolute atomic E-state index is 6.80. The maximum atomic E-state index is 6.80. The molecule has 4 bridgehead atoms. The lowest BCUT2D eigenvalue weighted by molar-refractivity contribution is -0.445. The Morgan fingerprint density at radius 3 is 1.32 bits per heavy atom. The quantitative estimate of drug-likeness (QED) is 0.804. The molecule has 3 nitrogen and oxygen atoms in total. The van der Waals surface area contributed by atoms with Crippen molar-refractivity contribution in [3.63, 3.8) is 0 Å². The van der Waals surface area contributed by atoms with Gasteiger partial charge in [0.25, 0.3) is 0 Å². The van der Waals surface area contributed by atoms with Gasteiger partial charge in [-0.3, -0.25) is 0 Å². The number of rotatable bonds is 2. The molecular formula is C22H24O3. The largest absolute Gasteiger partial charge is 0.336 e. The van der Waals surface area contributed by atoms with Crippen molar-refractivity contribution in [1.82, 2.24) is 0 Å². The zero-order valence-corrected chi connectivity index (χ0v) is 15.2. The van der Waals surface area contributed by atoms with Crippen LogP contribution in [0.4, 0.5) is 0 Å². The Balaban J connectivity index is 1.76. The lowest BCUT2D eigenvalue weighted by Crippen LogP contribution is -2.56. The van der Waals surface area contributed by atoms with E-state index in [2.05, 4.69) is 52.0 Å². The highest BCUT2D eigenvalue weighted by atomic mass is 16.9. The summed E-state index contributed by atoms with van der Waals surface area (Å²) >= 11 is 0. The van der Waals surface area contributed by atoms with E-state index < -0.39 is 22.8 Å². The van der Waals surface area contributed by atoms with E-state index in [1.807, 2.05) is 36.4 Å². The summed E-state index contributed by atoms with van der Waals surface area (Å²) in [4.78, 5) is 0. The van der Waals surface area contributed by atoms with Gasteiger partial charge in [0.05, 0.1) is 0 Å². The number of benzene rings is 2. The summed E-state index contributed by atoms with van der Waals surface area (Å²) in [5, 5.41) is 0. The summed E-state index contributed by atoms with van der Waals surface area (Å²) in [6.07, 6.45) is 0. The molecule has 0 amide bonds. The molecule has 4 aliphatic rings. The molecule has 130 valence electrons. The zero-order valence-electron chi connectivity index (χ0n) is 15.2. The van der Waals surface area contributed by atoms with Gasteiger partial charge >= 0.3 is 0 Å². The molecule has 0 spiro atoms. The summed E-state index contributed by atoms with van der Waals surface area (Å²) in [5.74, 6) is -1.42. The third-order valence-corrected chi connectivity index (χ3v) is 7.16. The molecule has 2 aromatic carbocycles. The van der Waals surface area contributed by atoms with Crippen molar-refractivity contribution in [2.75, 3.05) is 0 Å². The van der Waals surface area contributed by atoms with E-state index in [0.717, 1.165) is 11.1 Å². The van der Waals surface area contributed by atoms with Crippen molar-refractivity contribution in [3.8, 4) is 0 Å². The first kappa shape index (κ1) is 15.6. The van der Waals surface area contributed by atoms with E-state index in [9.17, 15) is 0 Å². The van der Waals surface area contributed by atoms with Gasteiger partial charge in [-0.1, -0.05) is 74.5 Å². The molecule has 4 fully saturated rings. The van der Waals surface area contributed by atoms with Crippen molar-refractivity contribution in [3.05, 3.63) is 71.8 Å². The van der Waals surface area contributed by atoms with Crippen molar-refractivity contribution in [2.24, 2.45) is 11.8 Å². The molecule has 4 heterocycles. The summed E-state index contributed by atoms with van der Waals surface area (Å²) in [7, 11) is 0. The Bertz CT molecular complexity index is 752. The molecule has 0 aromatic heterocycles. The zero-order chi connectivity index (χ0) is 17.5. The highest BCUT2D eigenvalue weighted by molar-refractivity contribution is 5.36. The van der Waals surface area contributed by atoms with Gasteiger partial charge in [-0.25, -0.2) is 0 Å². The van der Waals surface area contributed by atoms with E-state index in [0.29, 0.717) is 0 Å². The molecule has 0 saturated carbocycles. The van der Waals surface area contributed by atoms with Crippen LogP contribution in [0.15, 0.2) is 60.7 Å². The van der Waals surface area contributed by atoms with Crippen molar-refractivity contribution >= 4 is 0 Å². The van der Waals surface area contributed by atoms with Gasteiger partial charge in [-0.15, -0.1) is 0 Å². The molecule has 0 N–H and O–H groups in total. The topological polar surface area (TPSA) is 27.7 Å². The molecule has 4 aliphatic heterocycles. The minimum Gasteiger partial charge on any atom is -0.336 e. The lowest BCUT2D eigenvalue weighted by atomic mass is 9.72. The van der Waals surface area contributed by atoms with Crippen LogP contribution in [-0.4, -0.2) is 11.2 Å². The normalized spacial score (nSPS) is 47.4. The highest BCUT2D eigenvalue weighted by Gasteiger charge is 2.84. The Labute approximate surface area is 148 Å². The summed E-state index contributed by atoms with van der Waals surface area (Å²) < 4.78 is 20.3. The van der Waals surface area contributed by atoms with Crippen LogP contribution in [0.1, 0.15) is 38.8 Å². The fourth-order valence-corrected chi connectivity index (χ4v) is 5.29. The molecule has 0 radical (unpaired) electrons. The van der Waals surface area contributed by atoms with Crippen LogP contribution in [0.2, 0.25) is 0 Å². The van der Waals surface area contributed by atoms with E-state index in [1.54, 1.807) is 0 Å². The second-order valence-electron chi connectivity index (χ2n) is 8.03. The van der Waals surface area contributed by atoms with Crippen LogP contribution in [0.25, 0.3) is 0 Å². The summed E-state index contributed by atoms with van der Waals surface area (Å²) in [6, 6.07) is 20.6. The van der Waals surface area contributed by atoms with Gasteiger partial charge in [-0.2, -0.15) is 0 Å². The average molecular weight is 336 g/mol. The first-order valence-electron chi connectivity index (χ1n) is 9.11. The van der Waals surface area contributed by atoms with Gasteiger partial charge in [0.15, 0.2) is 0 Å². The fourth-order valence-electron chi connectivity index (χ4n) is 5.29. The molecule has 3 heteroatoms. The van der Waals surface area contributed by atoms with Crippen LogP contribution >= 0.6 is 0 Å². The van der Waals surface area contributed by atoms with E-state index in [1.165, 1.54) is 0 Å². The Hall–Kier alpha value is -1.68. The maximum Gasteiger partial charge on any atom is 0.204 e. The van der Waals surface area contributed by atoms with Crippen molar-refractivity contribution in [1.29, 1.82) is 0 Å². The Kier molecular flexibility index (Phi) is 2.82. The average Bonchev–Trinajstić information content (AvgIpc) is 2.84. The molecule has 25 heavy (non-hydrogen) atoms. The van der Waals surface area contributed by atoms with Gasteiger partial charge in [0.1, 0.15) is 11.2 Å². The van der Waals surface area contributed by atoms with Crippen molar-refractivity contribution in [2.45, 2.75) is 50.5 Å². The van der Waals surface area contributed by atoms with Gasteiger partial charge in [-0.05, 0) is 13.8 Å². The third kappa shape index (κ3) is 1.54. The molecule has 6 rings (SSSR count).